The molecule has 21 heavy (non-hydrogen) atoms. The zero-order valence-corrected chi connectivity index (χ0v) is 13.5. The van der Waals surface area contributed by atoms with Gasteiger partial charge in [-0.15, -0.1) is 10.2 Å². The predicted molar refractivity (Wildman–Crippen MR) is 76.1 cm³/mol. The predicted octanol–water partition coefficient (Wildman–Crippen LogP) is 0.0406. The van der Waals surface area contributed by atoms with Gasteiger partial charge in [0.15, 0.2) is 0 Å². The first-order valence-corrected chi connectivity index (χ1v) is 8.37. The lowest BCUT2D eigenvalue weighted by Crippen LogP contribution is -2.34. The molecule has 2 amide bonds. The lowest BCUT2D eigenvalue weighted by atomic mass is 10.3. The summed E-state index contributed by atoms with van der Waals surface area (Å²) < 4.78 is 28.3. The van der Waals surface area contributed by atoms with Crippen LogP contribution in [0.15, 0.2) is 4.34 Å². The number of aromatic nitrogens is 2. The van der Waals surface area contributed by atoms with E-state index in [1.807, 2.05) is 0 Å². The van der Waals surface area contributed by atoms with Crippen LogP contribution in [0, 0.1) is 0 Å². The Morgan fingerprint density at radius 2 is 2.05 bits per heavy atom. The second-order valence-electron chi connectivity index (χ2n) is 3.96. The van der Waals surface area contributed by atoms with E-state index in [1.165, 1.54) is 21.2 Å². The molecule has 0 aliphatic rings. The van der Waals surface area contributed by atoms with Crippen molar-refractivity contribution in [2.45, 2.75) is 17.2 Å². The summed E-state index contributed by atoms with van der Waals surface area (Å²) >= 11 is 0.795. The number of urea groups is 1. The average Bonchev–Trinajstić information content (AvgIpc) is 2.95. The molecule has 9 nitrogen and oxygen atoms in total. The molecule has 0 saturated heterocycles. The van der Waals surface area contributed by atoms with E-state index in [2.05, 4.69) is 20.3 Å². The molecule has 0 fully saturated rings. The average molecular weight is 336 g/mol. The van der Waals surface area contributed by atoms with Crippen molar-refractivity contribution in [3.8, 4) is 0 Å². The topological polar surface area (TPSA) is 119 Å². The Balaban J connectivity index is 2.74. The number of sulfone groups is 1. The molecule has 1 aromatic rings. The van der Waals surface area contributed by atoms with E-state index in [4.69, 9.17) is 0 Å². The minimum Gasteiger partial charge on any atom is -0.469 e. The normalized spacial score (nSPS) is 11.0. The Labute approximate surface area is 126 Å². The van der Waals surface area contributed by atoms with Gasteiger partial charge >= 0.3 is 12.0 Å². The summed E-state index contributed by atoms with van der Waals surface area (Å²) in [6.07, 6.45) is 0.148. The first-order valence-electron chi connectivity index (χ1n) is 5.90. The van der Waals surface area contributed by atoms with Crippen molar-refractivity contribution in [1.82, 2.24) is 15.5 Å². The third kappa shape index (κ3) is 4.63. The van der Waals surface area contributed by atoms with E-state index >= 15 is 0 Å². The van der Waals surface area contributed by atoms with Gasteiger partial charge in [-0.2, -0.15) is 0 Å². The minimum absolute atomic E-state index is 0.0134. The molecule has 0 saturated carbocycles. The molecule has 0 radical (unpaired) electrons. The van der Waals surface area contributed by atoms with Crippen LogP contribution in [0.4, 0.5) is 9.93 Å². The maximum Gasteiger partial charge on any atom is 0.323 e. The number of esters is 1. The van der Waals surface area contributed by atoms with E-state index in [0.29, 0.717) is 0 Å². The van der Waals surface area contributed by atoms with Gasteiger partial charge < -0.3 is 10.1 Å². The molecule has 0 spiro atoms. The zero-order chi connectivity index (χ0) is 16.0. The lowest BCUT2D eigenvalue weighted by Gasteiger charge is -2.11. The van der Waals surface area contributed by atoms with Gasteiger partial charge in [0.05, 0.1) is 12.9 Å². The smallest absolute Gasteiger partial charge is 0.323 e. The fourth-order valence-electron chi connectivity index (χ4n) is 1.31. The number of rotatable bonds is 6. The molecule has 1 aromatic heterocycles. The molecule has 118 valence electrons. The summed E-state index contributed by atoms with van der Waals surface area (Å²) in [7, 11) is 0.508. The molecule has 0 aliphatic carbocycles. The maximum atomic E-state index is 12.0. The van der Waals surface area contributed by atoms with Crippen molar-refractivity contribution < 1.29 is 22.7 Å². The number of hydrogen-bond acceptors (Lipinski definition) is 8. The summed E-state index contributed by atoms with van der Waals surface area (Å²) in [5.41, 5.74) is 0. The Morgan fingerprint density at radius 3 is 2.62 bits per heavy atom. The molecule has 0 aromatic carbocycles. The van der Waals surface area contributed by atoms with Crippen molar-refractivity contribution in [1.29, 1.82) is 0 Å². The van der Waals surface area contributed by atoms with Crippen LogP contribution < -0.4 is 10.2 Å². The van der Waals surface area contributed by atoms with Gasteiger partial charge in [-0.3, -0.25) is 9.69 Å². The standard InChI is InChI=1S/C10H16N4O5S2/c1-11-8(16)14(2)9-12-13-10(20-9)21(17,18)6-4-5-7(15)19-3/h4-6H2,1-3H3,(H,11,16). The SMILES string of the molecule is CNC(=O)N(C)c1nnc(S(=O)(=O)CCCC(=O)OC)s1. The van der Waals surface area contributed by atoms with E-state index in [-0.39, 0.29) is 28.1 Å². The highest BCUT2D eigenvalue weighted by molar-refractivity contribution is 7.93. The summed E-state index contributed by atoms with van der Waals surface area (Å²) in [5, 5.41) is 9.82. The van der Waals surface area contributed by atoms with E-state index in [0.717, 1.165) is 16.2 Å². The first-order chi connectivity index (χ1) is 9.81. The van der Waals surface area contributed by atoms with E-state index < -0.39 is 21.8 Å². The van der Waals surface area contributed by atoms with Crippen LogP contribution in [0.1, 0.15) is 12.8 Å². The fourth-order valence-corrected chi connectivity index (χ4v) is 3.70. The van der Waals surface area contributed by atoms with Gasteiger partial charge in [0.1, 0.15) is 0 Å². The number of anilines is 1. The number of carbonyl (C=O) groups is 2. The van der Waals surface area contributed by atoms with E-state index in [1.54, 1.807) is 0 Å². The molecule has 0 aliphatic heterocycles. The highest BCUT2D eigenvalue weighted by Crippen LogP contribution is 2.24. The number of carbonyl (C=O) groups excluding carboxylic acids is 2. The molecule has 11 heteroatoms. The molecule has 1 heterocycles. The van der Waals surface area contributed by atoms with Crippen molar-refractivity contribution in [3.63, 3.8) is 0 Å². The Bertz CT molecular complexity index is 613. The highest BCUT2D eigenvalue weighted by Gasteiger charge is 2.23. The van der Waals surface area contributed by atoms with E-state index in [9.17, 15) is 18.0 Å². The van der Waals surface area contributed by atoms with Gasteiger partial charge in [-0.1, -0.05) is 11.3 Å². The van der Waals surface area contributed by atoms with Crippen molar-refractivity contribution >= 4 is 38.3 Å². The monoisotopic (exact) mass is 336 g/mol. The van der Waals surface area contributed by atoms with Crippen molar-refractivity contribution in [3.05, 3.63) is 0 Å². The van der Waals surface area contributed by atoms with Crippen LogP contribution in [0.2, 0.25) is 0 Å². The summed E-state index contributed by atoms with van der Waals surface area (Å²) in [6, 6.07) is -0.430. The minimum atomic E-state index is -3.63. The third-order valence-electron chi connectivity index (χ3n) is 2.49. The van der Waals surface area contributed by atoms with Crippen LogP contribution in [0.25, 0.3) is 0 Å². The molecular formula is C10H16N4O5S2. The summed E-state index contributed by atoms with van der Waals surface area (Å²) in [4.78, 5) is 23.5. The van der Waals surface area contributed by atoms with Gasteiger partial charge in [-0.25, -0.2) is 13.2 Å². The fraction of sp³-hybridized carbons (Fsp3) is 0.600. The summed E-state index contributed by atoms with van der Waals surface area (Å²) in [6.45, 7) is 0. The zero-order valence-electron chi connectivity index (χ0n) is 11.8. The number of nitrogens with zero attached hydrogens (tertiary/aromatic N) is 3. The molecule has 0 unspecified atom stereocenters. The van der Waals surface area contributed by atoms with Crippen LogP contribution in [-0.4, -0.2) is 57.6 Å². The molecular weight excluding hydrogens is 320 g/mol. The van der Waals surface area contributed by atoms with Crippen LogP contribution in [-0.2, 0) is 19.4 Å². The van der Waals surface area contributed by atoms with Crippen molar-refractivity contribution in [2.24, 2.45) is 0 Å². The first kappa shape index (κ1) is 17.3. The highest BCUT2D eigenvalue weighted by atomic mass is 32.2. The Kier molecular flexibility index (Phi) is 6.03. The number of nitrogens with one attached hydrogen (secondary N) is 1. The van der Waals surface area contributed by atoms with Crippen LogP contribution >= 0.6 is 11.3 Å². The molecule has 0 bridgehead atoms. The second-order valence-corrected chi connectivity index (χ2v) is 7.20. The largest absolute Gasteiger partial charge is 0.469 e. The number of hydrogen-bond donors (Lipinski definition) is 1. The van der Waals surface area contributed by atoms with Gasteiger partial charge in [0.2, 0.25) is 19.3 Å². The van der Waals surface area contributed by atoms with Crippen LogP contribution in [0.3, 0.4) is 0 Å². The van der Waals surface area contributed by atoms with Gasteiger partial charge in [0, 0.05) is 20.5 Å². The Morgan fingerprint density at radius 1 is 1.38 bits per heavy atom. The van der Waals surface area contributed by atoms with Gasteiger partial charge in [-0.05, 0) is 6.42 Å². The number of amides is 2. The molecule has 1 rings (SSSR count). The quantitative estimate of drug-likeness (QED) is 0.575. The second kappa shape index (κ2) is 7.31. The lowest BCUT2D eigenvalue weighted by molar-refractivity contribution is -0.140. The number of ether oxygens (including phenoxy) is 1. The number of methoxy groups -OCH3 is 1. The van der Waals surface area contributed by atoms with Crippen molar-refractivity contribution in [2.75, 3.05) is 31.9 Å². The van der Waals surface area contributed by atoms with Crippen LogP contribution in [0.5, 0.6) is 0 Å². The Hall–Kier alpha value is -1.75. The summed E-state index contributed by atoms with van der Waals surface area (Å²) in [5.74, 6) is -0.706. The third-order valence-corrected chi connectivity index (χ3v) is 5.73. The maximum absolute atomic E-state index is 12.0. The molecule has 0 atom stereocenters. The van der Waals surface area contributed by atoms with Gasteiger partial charge in [0.25, 0.3) is 0 Å². The molecule has 1 N–H and O–H groups in total.